The molecule has 4 heterocycles. The molecule has 4 aromatic heterocycles. The summed E-state index contributed by atoms with van der Waals surface area (Å²) in [5.41, 5.74) is 15.6. The van der Waals surface area contributed by atoms with Crippen molar-refractivity contribution in [3.63, 3.8) is 0 Å². The van der Waals surface area contributed by atoms with Gasteiger partial charge in [-0.25, -0.2) is 14.4 Å². The fourth-order valence-electron chi connectivity index (χ4n) is 3.39. The van der Waals surface area contributed by atoms with Crippen LogP contribution in [-0.2, 0) is 0 Å². The lowest BCUT2D eigenvalue weighted by Gasteiger charge is -2.07. The molecule has 5 N–H and O–H groups in total. The number of nitrogen functional groups attached to an aromatic ring is 2. The summed E-state index contributed by atoms with van der Waals surface area (Å²) in [4.78, 5) is 22.5. The Kier molecular flexibility index (Phi) is 5.26. The largest absolute Gasteiger partial charge is 0.397 e. The van der Waals surface area contributed by atoms with Crippen molar-refractivity contribution in [1.29, 1.82) is 5.26 Å². The number of halogens is 1. The van der Waals surface area contributed by atoms with E-state index in [4.69, 9.17) is 11.5 Å². The smallest absolute Gasteiger partial charge is 0.269 e. The second-order valence-electron chi connectivity index (χ2n) is 6.89. The van der Waals surface area contributed by atoms with E-state index in [0.29, 0.717) is 26.6 Å². The molecule has 162 valence electrons. The van der Waals surface area contributed by atoms with Crippen LogP contribution in [-0.4, -0.2) is 15.9 Å². The van der Waals surface area contributed by atoms with Crippen molar-refractivity contribution in [1.82, 2.24) is 9.97 Å². The molecule has 0 saturated carbocycles. The van der Waals surface area contributed by atoms with Crippen LogP contribution >= 0.6 is 34.0 Å². The normalized spacial score (nSPS) is 10.9. The van der Waals surface area contributed by atoms with Crippen LogP contribution in [0.2, 0.25) is 0 Å². The number of nitriles is 1. The molecule has 7 nitrogen and oxygen atoms in total. The molecule has 1 amide bonds. The number of benzene rings is 1. The van der Waals surface area contributed by atoms with Crippen LogP contribution in [0.3, 0.4) is 0 Å². The molecular weight excluding hydrogens is 479 g/mol. The van der Waals surface area contributed by atoms with Gasteiger partial charge in [0.15, 0.2) is 5.13 Å². The van der Waals surface area contributed by atoms with Gasteiger partial charge in [-0.05, 0) is 46.7 Å². The molecule has 0 fully saturated rings. The lowest BCUT2D eigenvalue weighted by Crippen LogP contribution is -2.11. The number of pyridine rings is 1. The topological polar surface area (TPSA) is 131 Å². The minimum Gasteiger partial charge on any atom is -0.397 e. The summed E-state index contributed by atoms with van der Waals surface area (Å²) in [6.07, 6.45) is 0. The third-order valence-electron chi connectivity index (χ3n) is 4.90. The first-order valence-corrected chi connectivity index (χ1v) is 12.1. The number of rotatable bonds is 4. The highest BCUT2D eigenvalue weighted by atomic mass is 32.1. The summed E-state index contributed by atoms with van der Waals surface area (Å²) in [5, 5.41) is 18.9. The maximum Gasteiger partial charge on any atom is 0.269 e. The van der Waals surface area contributed by atoms with Crippen molar-refractivity contribution in [3.8, 4) is 28.5 Å². The van der Waals surface area contributed by atoms with Crippen molar-refractivity contribution < 1.29 is 9.18 Å². The van der Waals surface area contributed by atoms with Crippen molar-refractivity contribution in [2.45, 2.75) is 0 Å². The van der Waals surface area contributed by atoms with Crippen LogP contribution in [0.4, 0.5) is 21.0 Å². The molecule has 0 aliphatic rings. The van der Waals surface area contributed by atoms with E-state index in [9.17, 15) is 14.4 Å². The zero-order valence-corrected chi connectivity index (χ0v) is 19.1. The number of nitrogens with zero attached hydrogens (tertiary/aromatic N) is 3. The number of aromatic nitrogens is 2. The van der Waals surface area contributed by atoms with Gasteiger partial charge in [0.2, 0.25) is 0 Å². The summed E-state index contributed by atoms with van der Waals surface area (Å²) in [6, 6.07) is 9.91. The van der Waals surface area contributed by atoms with Gasteiger partial charge in [-0.3, -0.25) is 10.1 Å². The Morgan fingerprint density at radius 3 is 2.58 bits per heavy atom. The van der Waals surface area contributed by atoms with E-state index in [-0.39, 0.29) is 27.8 Å². The lowest BCUT2D eigenvalue weighted by molar-refractivity contribution is 0.103. The minimum absolute atomic E-state index is 0.0864. The molecule has 0 saturated heterocycles. The van der Waals surface area contributed by atoms with Gasteiger partial charge in [-0.15, -0.1) is 22.7 Å². The standard InChI is InChI=1S/C22H13FN6OS3/c23-12-3-1-10(2-4-12)14-9-32-22(27-14)29-20(30)18-17(25)16-15(11-5-6-31-8-11)13(7-24)19(26)28-21(16)33-18/h1-6,8-9H,25H2,(H2,26,28)(H,27,29,30). The van der Waals surface area contributed by atoms with E-state index in [1.165, 1.54) is 34.8 Å². The van der Waals surface area contributed by atoms with E-state index in [1.807, 2.05) is 16.8 Å². The highest BCUT2D eigenvalue weighted by Gasteiger charge is 2.25. The van der Waals surface area contributed by atoms with Crippen molar-refractivity contribution in [2.75, 3.05) is 16.8 Å². The highest BCUT2D eigenvalue weighted by molar-refractivity contribution is 7.21. The molecule has 0 aliphatic carbocycles. The van der Waals surface area contributed by atoms with Gasteiger partial charge >= 0.3 is 0 Å². The lowest BCUT2D eigenvalue weighted by atomic mass is 9.99. The van der Waals surface area contributed by atoms with Gasteiger partial charge in [0, 0.05) is 21.9 Å². The van der Waals surface area contributed by atoms with Crippen LogP contribution in [0, 0.1) is 17.1 Å². The SMILES string of the molecule is N#Cc1c(N)nc2sc(C(=O)Nc3nc(-c4ccc(F)cc4)cs3)c(N)c2c1-c1ccsc1. The quantitative estimate of drug-likeness (QED) is 0.300. The number of carbonyl (C=O) groups excluding carboxylic acids is 1. The third-order valence-corrected chi connectivity index (χ3v) is 7.44. The highest BCUT2D eigenvalue weighted by Crippen LogP contribution is 2.43. The van der Waals surface area contributed by atoms with Crippen LogP contribution in [0.15, 0.2) is 46.5 Å². The van der Waals surface area contributed by atoms with E-state index < -0.39 is 5.91 Å². The van der Waals surface area contributed by atoms with Crippen LogP contribution in [0.1, 0.15) is 15.2 Å². The Morgan fingerprint density at radius 1 is 1.09 bits per heavy atom. The average Bonchev–Trinajstić information content (AvgIpc) is 3.54. The van der Waals surface area contributed by atoms with Crippen LogP contribution in [0.5, 0.6) is 0 Å². The zero-order valence-electron chi connectivity index (χ0n) is 16.6. The number of thiazole rings is 1. The van der Waals surface area contributed by atoms with Gasteiger partial charge in [-0.1, -0.05) is 0 Å². The number of thiophene rings is 2. The summed E-state index contributed by atoms with van der Waals surface area (Å²) >= 11 is 3.82. The van der Waals surface area contributed by atoms with E-state index in [2.05, 4.69) is 21.4 Å². The molecule has 1 aromatic carbocycles. The Bertz CT molecular complexity index is 1550. The van der Waals surface area contributed by atoms with Gasteiger partial charge in [0.05, 0.1) is 11.4 Å². The fraction of sp³-hybridized carbons (Fsp3) is 0. The predicted molar refractivity (Wildman–Crippen MR) is 132 cm³/mol. The third kappa shape index (κ3) is 3.70. The first-order chi connectivity index (χ1) is 16.0. The predicted octanol–water partition coefficient (Wildman–Crippen LogP) is 5.58. The van der Waals surface area contributed by atoms with Crippen molar-refractivity contribution >= 4 is 66.8 Å². The van der Waals surface area contributed by atoms with E-state index in [1.54, 1.807) is 17.5 Å². The van der Waals surface area contributed by atoms with Gasteiger partial charge in [0.25, 0.3) is 5.91 Å². The molecule has 11 heteroatoms. The second kappa shape index (κ2) is 8.25. The van der Waals surface area contributed by atoms with Gasteiger partial charge < -0.3 is 11.5 Å². The number of nitrogens with two attached hydrogens (primary N) is 2. The number of anilines is 3. The number of carbonyl (C=O) groups is 1. The molecular formula is C22H13FN6OS3. The molecule has 5 aromatic rings. The van der Waals surface area contributed by atoms with Crippen molar-refractivity contribution in [3.05, 3.63) is 62.7 Å². The molecule has 0 atom stereocenters. The van der Waals surface area contributed by atoms with Crippen LogP contribution < -0.4 is 16.8 Å². The monoisotopic (exact) mass is 492 g/mol. The van der Waals surface area contributed by atoms with Gasteiger partial charge in [0.1, 0.15) is 33.0 Å². The Balaban J connectivity index is 1.53. The minimum atomic E-state index is -0.441. The molecule has 0 radical (unpaired) electrons. The summed E-state index contributed by atoms with van der Waals surface area (Å²) in [6.45, 7) is 0. The van der Waals surface area contributed by atoms with E-state index >= 15 is 0 Å². The molecule has 33 heavy (non-hydrogen) atoms. The second-order valence-corrected chi connectivity index (χ2v) is 9.53. The van der Waals surface area contributed by atoms with E-state index in [0.717, 1.165) is 22.5 Å². The van der Waals surface area contributed by atoms with Crippen LogP contribution in [0.25, 0.3) is 32.6 Å². The molecule has 0 unspecified atom stereocenters. The first kappa shape index (κ1) is 21.0. The van der Waals surface area contributed by atoms with Gasteiger partial charge in [-0.2, -0.15) is 16.6 Å². The Labute approximate surface area is 198 Å². The number of hydrogen-bond acceptors (Lipinski definition) is 9. The molecule has 5 rings (SSSR count). The Hall–Kier alpha value is -3.85. The zero-order chi connectivity index (χ0) is 23.1. The average molecular weight is 493 g/mol. The van der Waals surface area contributed by atoms with Crippen molar-refractivity contribution in [2.24, 2.45) is 0 Å². The molecule has 0 aliphatic heterocycles. The maximum absolute atomic E-state index is 13.2. The number of nitrogens with one attached hydrogen (secondary N) is 1. The summed E-state index contributed by atoms with van der Waals surface area (Å²) < 4.78 is 13.2. The fourth-order valence-corrected chi connectivity index (χ4v) is 5.75. The summed E-state index contributed by atoms with van der Waals surface area (Å²) in [7, 11) is 0. The molecule has 0 bridgehead atoms. The molecule has 0 spiro atoms. The Morgan fingerprint density at radius 2 is 1.88 bits per heavy atom. The number of fused-ring (bicyclic) bond motifs is 1. The maximum atomic E-state index is 13.2. The number of amides is 1. The first-order valence-electron chi connectivity index (χ1n) is 9.43. The number of hydrogen-bond donors (Lipinski definition) is 3. The summed E-state index contributed by atoms with van der Waals surface area (Å²) in [5.74, 6) is -0.689.